The number of carbonyl (C=O) groups is 2. The fourth-order valence-corrected chi connectivity index (χ4v) is 4.92. The molecule has 2 aliphatic rings. The zero-order valence-electron chi connectivity index (χ0n) is 19.7. The Hall–Kier alpha value is -2.77. The van der Waals surface area contributed by atoms with E-state index in [0.29, 0.717) is 55.3 Å². The van der Waals surface area contributed by atoms with E-state index in [1.165, 1.54) is 0 Å². The number of ether oxygens (including phenoxy) is 3. The molecule has 4 rings (SSSR count). The Kier molecular flexibility index (Phi) is 7.63. The molecule has 0 atom stereocenters. The van der Waals surface area contributed by atoms with Crippen LogP contribution in [0.15, 0.2) is 36.4 Å². The molecule has 2 aliphatic heterocycles. The number of carbonyl (C=O) groups excluding carboxylic acids is 2. The van der Waals surface area contributed by atoms with E-state index in [1.807, 2.05) is 37.3 Å². The van der Waals surface area contributed by atoms with E-state index in [4.69, 9.17) is 25.8 Å². The number of nitrogens with zero attached hydrogens (tertiary/aromatic N) is 1. The Labute approximate surface area is 205 Å². The third-order valence-corrected chi connectivity index (χ3v) is 6.93. The van der Waals surface area contributed by atoms with Gasteiger partial charge in [-0.2, -0.15) is 0 Å². The summed E-state index contributed by atoms with van der Waals surface area (Å²) in [6.45, 7) is 4.27. The molecule has 1 N–H and O–H groups in total. The minimum Gasteiger partial charge on any atom is -0.497 e. The van der Waals surface area contributed by atoms with E-state index in [2.05, 4.69) is 5.32 Å². The number of hydrogen-bond acceptors (Lipinski definition) is 6. The first-order chi connectivity index (χ1) is 16.5. The number of methoxy groups -OCH3 is 1. The molecule has 34 heavy (non-hydrogen) atoms. The normalized spacial score (nSPS) is 17.1. The number of esters is 1. The molecule has 8 heteroatoms. The van der Waals surface area contributed by atoms with Crippen LogP contribution in [0.5, 0.6) is 11.5 Å². The first kappa shape index (κ1) is 24.4. The predicted molar refractivity (Wildman–Crippen MR) is 131 cm³/mol. The van der Waals surface area contributed by atoms with Gasteiger partial charge in [0.05, 0.1) is 31.0 Å². The molecule has 0 bridgehead atoms. The molecule has 1 fully saturated rings. The number of hydrogen-bond donors (Lipinski definition) is 1. The Bertz CT molecular complexity index is 1030. The van der Waals surface area contributed by atoms with Gasteiger partial charge in [-0.05, 0) is 69.1 Å². The zero-order chi connectivity index (χ0) is 24.1. The van der Waals surface area contributed by atoms with Crippen molar-refractivity contribution in [3.8, 4) is 11.5 Å². The third kappa shape index (κ3) is 5.00. The number of nitrogens with one attached hydrogen (secondary N) is 1. The summed E-state index contributed by atoms with van der Waals surface area (Å²) in [5.41, 5.74) is 1.87. The lowest BCUT2D eigenvalue weighted by molar-refractivity contribution is -0.159. The first-order valence-electron chi connectivity index (χ1n) is 11.7. The second-order valence-corrected chi connectivity index (χ2v) is 9.15. The molecule has 0 unspecified atom stereocenters. The van der Waals surface area contributed by atoms with Crippen molar-refractivity contribution in [2.75, 3.05) is 38.3 Å². The van der Waals surface area contributed by atoms with Gasteiger partial charge >= 0.3 is 5.97 Å². The number of halogens is 1. The molecule has 0 aliphatic carbocycles. The number of rotatable bonds is 8. The van der Waals surface area contributed by atoms with Crippen LogP contribution in [0.1, 0.15) is 37.3 Å². The van der Waals surface area contributed by atoms with Crippen LogP contribution < -0.4 is 19.7 Å². The summed E-state index contributed by atoms with van der Waals surface area (Å²) in [7, 11) is 1.62. The van der Waals surface area contributed by atoms with E-state index in [9.17, 15) is 9.59 Å². The summed E-state index contributed by atoms with van der Waals surface area (Å²) in [5, 5.41) is 3.81. The minimum absolute atomic E-state index is 0.0173. The van der Waals surface area contributed by atoms with E-state index in [0.717, 1.165) is 30.0 Å². The summed E-state index contributed by atoms with van der Waals surface area (Å²) in [5.74, 6) is 1.23. The molecule has 1 saturated heterocycles. The van der Waals surface area contributed by atoms with E-state index in [1.54, 1.807) is 18.1 Å². The SMILES string of the molecule is CCOC(=O)C1(COc2ccc(Cl)c3c2CCC(=O)N3Cc2ccc(OC)cc2)CCNCC1. The van der Waals surface area contributed by atoms with Crippen molar-refractivity contribution in [1.82, 2.24) is 5.32 Å². The maximum atomic E-state index is 12.9. The molecule has 2 aromatic carbocycles. The van der Waals surface area contributed by atoms with Crippen molar-refractivity contribution in [2.45, 2.75) is 39.2 Å². The highest BCUT2D eigenvalue weighted by Crippen LogP contribution is 2.42. The third-order valence-electron chi connectivity index (χ3n) is 6.62. The standard InChI is InChI=1S/C26H31ClN2O5/c1-3-33-25(31)26(12-14-28-15-13-26)17-34-22-10-9-21(27)24-20(22)8-11-23(30)29(24)16-18-4-6-19(32-2)7-5-18/h4-7,9-10,28H,3,8,11-17H2,1-2H3. The van der Waals surface area contributed by atoms with E-state index in [-0.39, 0.29) is 18.5 Å². The maximum absolute atomic E-state index is 12.9. The molecular formula is C26H31ClN2O5. The highest BCUT2D eigenvalue weighted by atomic mass is 35.5. The van der Waals surface area contributed by atoms with Crippen molar-refractivity contribution in [1.29, 1.82) is 0 Å². The van der Waals surface area contributed by atoms with Gasteiger partial charge in [0.25, 0.3) is 0 Å². The number of fused-ring (bicyclic) bond motifs is 1. The van der Waals surface area contributed by atoms with Crippen molar-refractivity contribution in [3.63, 3.8) is 0 Å². The molecule has 1 amide bonds. The summed E-state index contributed by atoms with van der Waals surface area (Å²) in [4.78, 5) is 27.4. The van der Waals surface area contributed by atoms with Crippen LogP contribution in [0, 0.1) is 5.41 Å². The Morgan fingerprint density at radius 1 is 1.12 bits per heavy atom. The van der Waals surface area contributed by atoms with E-state index >= 15 is 0 Å². The van der Waals surface area contributed by atoms with E-state index < -0.39 is 5.41 Å². The second-order valence-electron chi connectivity index (χ2n) is 8.74. The number of amides is 1. The fraction of sp³-hybridized carbons (Fsp3) is 0.462. The van der Waals surface area contributed by atoms with Gasteiger partial charge in [-0.15, -0.1) is 0 Å². The van der Waals surface area contributed by atoms with Crippen LogP contribution in [0.2, 0.25) is 5.02 Å². The first-order valence-corrected chi connectivity index (χ1v) is 12.1. The summed E-state index contributed by atoms with van der Waals surface area (Å²) < 4.78 is 16.9. The lowest BCUT2D eigenvalue weighted by atomic mass is 9.79. The van der Waals surface area contributed by atoms with Gasteiger partial charge < -0.3 is 24.4 Å². The Morgan fingerprint density at radius 2 is 1.85 bits per heavy atom. The number of piperidine rings is 1. The monoisotopic (exact) mass is 486 g/mol. The lowest BCUT2D eigenvalue weighted by Crippen LogP contribution is -2.47. The van der Waals surface area contributed by atoms with Crippen molar-refractivity contribution in [3.05, 3.63) is 52.5 Å². The Morgan fingerprint density at radius 3 is 2.53 bits per heavy atom. The van der Waals surface area contributed by atoms with Crippen LogP contribution in [0.3, 0.4) is 0 Å². The second kappa shape index (κ2) is 10.7. The fourth-order valence-electron chi connectivity index (χ4n) is 4.64. The largest absolute Gasteiger partial charge is 0.497 e. The van der Waals surface area contributed by atoms with Crippen LogP contribution in [-0.4, -0.2) is 45.3 Å². The summed E-state index contributed by atoms with van der Waals surface area (Å²) in [6, 6.07) is 11.2. The summed E-state index contributed by atoms with van der Waals surface area (Å²) >= 11 is 6.60. The van der Waals surface area contributed by atoms with Crippen LogP contribution in [0.25, 0.3) is 0 Å². The lowest BCUT2D eigenvalue weighted by Gasteiger charge is -2.36. The van der Waals surface area contributed by atoms with Gasteiger partial charge in [0.15, 0.2) is 0 Å². The predicted octanol–water partition coefficient (Wildman–Crippen LogP) is 4.14. The molecule has 0 radical (unpaired) electrons. The maximum Gasteiger partial charge on any atom is 0.315 e. The molecule has 0 aromatic heterocycles. The van der Waals surface area contributed by atoms with Crippen molar-refractivity contribution < 1.29 is 23.8 Å². The smallest absolute Gasteiger partial charge is 0.315 e. The van der Waals surface area contributed by atoms with Crippen molar-refractivity contribution in [2.24, 2.45) is 5.41 Å². The van der Waals surface area contributed by atoms with Crippen LogP contribution in [-0.2, 0) is 27.3 Å². The summed E-state index contributed by atoms with van der Waals surface area (Å²) in [6.07, 6.45) is 2.22. The molecule has 2 heterocycles. The average Bonchev–Trinajstić information content (AvgIpc) is 2.86. The van der Waals surface area contributed by atoms with Crippen LogP contribution >= 0.6 is 11.6 Å². The van der Waals surface area contributed by atoms with Gasteiger partial charge in [0, 0.05) is 12.0 Å². The van der Waals surface area contributed by atoms with Gasteiger partial charge in [-0.25, -0.2) is 0 Å². The quantitative estimate of drug-likeness (QED) is 0.565. The van der Waals surface area contributed by atoms with Gasteiger partial charge in [0.1, 0.15) is 23.5 Å². The molecule has 182 valence electrons. The highest BCUT2D eigenvalue weighted by Gasteiger charge is 2.42. The molecule has 2 aromatic rings. The number of benzene rings is 2. The van der Waals surface area contributed by atoms with Gasteiger partial charge in [0.2, 0.25) is 5.91 Å². The molecule has 7 nitrogen and oxygen atoms in total. The van der Waals surface area contributed by atoms with Gasteiger partial charge in [-0.3, -0.25) is 9.59 Å². The highest BCUT2D eigenvalue weighted by molar-refractivity contribution is 6.34. The average molecular weight is 487 g/mol. The Balaban J connectivity index is 1.60. The van der Waals surface area contributed by atoms with Crippen LogP contribution in [0.4, 0.5) is 5.69 Å². The molecule has 0 saturated carbocycles. The minimum atomic E-state index is -0.680. The topological polar surface area (TPSA) is 77.1 Å². The molecule has 0 spiro atoms. The van der Waals surface area contributed by atoms with Gasteiger partial charge in [-0.1, -0.05) is 23.7 Å². The molecular weight excluding hydrogens is 456 g/mol. The number of anilines is 1. The zero-order valence-corrected chi connectivity index (χ0v) is 20.5. The van der Waals surface area contributed by atoms with Crippen molar-refractivity contribution >= 4 is 29.2 Å².